The highest BCUT2D eigenvalue weighted by atomic mass is 16.5. The lowest BCUT2D eigenvalue weighted by Gasteiger charge is -2.24. The van der Waals surface area contributed by atoms with E-state index in [1.165, 1.54) is 0 Å². The molecule has 6 aromatic carbocycles. The lowest BCUT2D eigenvalue weighted by molar-refractivity contribution is -0.137. The van der Waals surface area contributed by atoms with Gasteiger partial charge in [-0.2, -0.15) is 5.21 Å². The third-order valence-electron chi connectivity index (χ3n) is 16.4. The van der Waals surface area contributed by atoms with Crippen molar-refractivity contribution in [2.45, 2.75) is 128 Å². The molecule has 20 nitrogen and oxygen atoms in total. The summed E-state index contributed by atoms with van der Waals surface area (Å²) in [5.41, 5.74) is 6.17. The van der Waals surface area contributed by atoms with E-state index in [9.17, 15) is 24.0 Å². The molecular formula is C81H79N7O13. The first kappa shape index (κ1) is 66.3. The van der Waals surface area contributed by atoms with E-state index in [1.807, 2.05) is 115 Å². The van der Waals surface area contributed by atoms with Crippen LogP contribution in [0.1, 0.15) is 141 Å². The van der Waals surface area contributed by atoms with Crippen LogP contribution < -0.4 is 14.2 Å². The summed E-state index contributed by atoms with van der Waals surface area (Å²) in [6.45, 7) is -1.80. The number of aromatic nitrogens is 4. The van der Waals surface area contributed by atoms with Crippen LogP contribution in [0, 0.1) is 23.7 Å². The number of aryl methyl sites for hydroxylation is 1. The number of aliphatic carboxylic acids is 2. The van der Waals surface area contributed by atoms with Crippen LogP contribution in [0.25, 0.3) is 34.0 Å². The number of amides is 3. The Morgan fingerprint density at radius 3 is 1.27 bits per heavy atom. The van der Waals surface area contributed by atoms with Crippen LogP contribution in [0.5, 0.6) is 17.2 Å². The number of carbonyl (C=O) groups is 5. The number of ether oxygens (including phenoxy) is 3. The second-order valence-corrected chi connectivity index (χ2v) is 24.0. The van der Waals surface area contributed by atoms with E-state index in [-0.39, 0.29) is 68.3 Å². The van der Waals surface area contributed by atoms with Crippen molar-refractivity contribution in [2.75, 3.05) is 19.8 Å². The van der Waals surface area contributed by atoms with E-state index in [0.29, 0.717) is 63.7 Å². The van der Waals surface area contributed by atoms with E-state index >= 15 is 0 Å². The van der Waals surface area contributed by atoms with E-state index in [4.69, 9.17) is 41.8 Å². The van der Waals surface area contributed by atoms with Gasteiger partial charge in [-0.25, -0.2) is 0 Å². The van der Waals surface area contributed by atoms with Gasteiger partial charge >= 0.3 is 11.9 Å². The quantitative estimate of drug-likeness (QED) is 0.0279. The number of carboxylic acids is 2. The molecule has 3 atom stereocenters. The van der Waals surface area contributed by atoms with Gasteiger partial charge in [0.15, 0.2) is 5.82 Å². The third kappa shape index (κ3) is 21.3. The van der Waals surface area contributed by atoms with E-state index in [2.05, 4.69) is 44.3 Å². The number of para-hydroxylation sites is 3. The zero-order valence-electron chi connectivity index (χ0n) is 58.6. The van der Waals surface area contributed by atoms with Crippen molar-refractivity contribution in [2.24, 2.45) is 0 Å². The zero-order chi connectivity index (χ0) is 72.6. The molecule has 101 heavy (non-hydrogen) atoms. The SMILES string of the molecule is [2H]C(c1ccccc1OCC#CCCC(=O)O)N(C(=O)c1ccc(-c2ccco2)cc1)C1CC1.[2H]C(c1ccccc1OCCC#CCC(=O)O)N(C(=O)c1ccc(-c2ccco2)cc1)C1CC1.[2H]C(c1ccccc1OCCCCCc1nn[nH]n1)N(C(=O)c1ccc(-c2ccco2)cc1)C1CC1. The average molecular weight is 1360 g/mol. The monoisotopic (exact) mass is 1360 g/mol. The van der Waals surface area contributed by atoms with Gasteiger partial charge in [0.25, 0.3) is 17.7 Å². The summed E-state index contributed by atoms with van der Waals surface area (Å²) in [5, 5.41) is 31.3. The second kappa shape index (κ2) is 36.1. The first-order valence-corrected chi connectivity index (χ1v) is 33.7. The number of furan rings is 3. The highest BCUT2D eigenvalue weighted by Gasteiger charge is 2.36. The fourth-order valence-electron chi connectivity index (χ4n) is 10.7. The molecule has 3 aliphatic rings. The fraction of sp³-hybridized carbons (Fsp3) is 0.284. The molecule has 0 saturated heterocycles. The summed E-state index contributed by atoms with van der Waals surface area (Å²) in [7, 11) is 0. The number of H-pyrrole nitrogens is 1. The van der Waals surface area contributed by atoms with Crippen LogP contribution in [0.4, 0.5) is 0 Å². The molecular weight excluding hydrogens is 1280 g/mol. The highest BCUT2D eigenvalue weighted by molar-refractivity contribution is 5.96. The predicted molar refractivity (Wildman–Crippen MR) is 378 cm³/mol. The maximum absolute atomic E-state index is 13.5. The van der Waals surface area contributed by atoms with Crippen LogP contribution in [0.2, 0.25) is 0 Å². The first-order chi connectivity index (χ1) is 50.8. The number of nitrogens with zero attached hydrogens (tertiary/aromatic N) is 6. The number of tetrazole rings is 1. The largest absolute Gasteiger partial charge is 0.493 e. The first-order valence-electron chi connectivity index (χ1n) is 35.4. The van der Waals surface area contributed by atoms with Gasteiger partial charge in [-0.3, -0.25) is 24.0 Å². The van der Waals surface area contributed by atoms with Crippen molar-refractivity contribution in [3.05, 3.63) is 240 Å². The predicted octanol–water partition coefficient (Wildman–Crippen LogP) is 15.1. The highest BCUT2D eigenvalue weighted by Crippen LogP contribution is 2.36. The molecule has 3 saturated carbocycles. The second-order valence-electron chi connectivity index (χ2n) is 24.0. The number of unbranched alkanes of at least 4 members (excludes halogenated alkanes) is 2. The molecule has 13 rings (SSSR count). The Morgan fingerprint density at radius 1 is 0.465 bits per heavy atom. The maximum atomic E-state index is 13.5. The van der Waals surface area contributed by atoms with Crippen molar-refractivity contribution in [1.82, 2.24) is 35.3 Å². The number of benzene rings is 6. The Labute approximate surface area is 590 Å². The summed E-state index contributed by atoms with van der Waals surface area (Å²) in [5.74, 6) is 13.1. The van der Waals surface area contributed by atoms with Gasteiger partial charge in [0.05, 0.1) is 42.5 Å². The van der Waals surface area contributed by atoms with Crippen molar-refractivity contribution >= 4 is 29.7 Å². The number of carboxylic acid groups (broad SMARTS) is 2. The van der Waals surface area contributed by atoms with Crippen molar-refractivity contribution in [3.8, 4) is 74.9 Å². The van der Waals surface area contributed by atoms with Crippen molar-refractivity contribution in [3.63, 3.8) is 0 Å². The molecule has 3 fully saturated rings. The third-order valence-corrected chi connectivity index (χ3v) is 16.4. The molecule has 3 N–H and O–H groups in total. The number of hydrogen-bond acceptors (Lipinski definition) is 14. The van der Waals surface area contributed by atoms with Gasteiger partial charge in [0, 0.05) is 107 Å². The molecule has 3 aliphatic carbocycles. The Balaban J connectivity index is 0.000000156. The molecule has 10 aromatic rings. The summed E-state index contributed by atoms with van der Waals surface area (Å²) in [6, 6.07) is 54.9. The number of hydrogen-bond donors (Lipinski definition) is 3. The van der Waals surface area contributed by atoms with Crippen molar-refractivity contribution < 1.29 is 65.8 Å². The number of carbonyl (C=O) groups excluding carboxylic acids is 3. The average Bonchev–Trinajstić information content (AvgIpc) is 1.47. The molecule has 0 radical (unpaired) electrons. The molecule has 0 spiro atoms. The van der Waals surface area contributed by atoms with Gasteiger partial charge in [0.1, 0.15) is 47.6 Å². The Morgan fingerprint density at radius 2 is 0.881 bits per heavy atom. The lowest BCUT2D eigenvalue weighted by atomic mass is 10.1. The van der Waals surface area contributed by atoms with Crippen molar-refractivity contribution in [1.29, 1.82) is 0 Å². The van der Waals surface area contributed by atoms with Crippen LogP contribution >= 0.6 is 0 Å². The van der Waals surface area contributed by atoms with Gasteiger partial charge in [-0.15, -0.1) is 10.2 Å². The minimum atomic E-state index is -0.962. The van der Waals surface area contributed by atoms with Crippen LogP contribution in [-0.4, -0.2) is 113 Å². The number of aromatic amines is 1. The fourth-order valence-corrected chi connectivity index (χ4v) is 10.7. The summed E-state index contributed by atoms with van der Waals surface area (Å²) in [4.78, 5) is 66.4. The van der Waals surface area contributed by atoms with Gasteiger partial charge in [0.2, 0.25) is 0 Å². The van der Waals surface area contributed by atoms with Crippen LogP contribution in [0.15, 0.2) is 214 Å². The van der Waals surface area contributed by atoms with E-state index in [0.717, 1.165) is 104 Å². The minimum absolute atomic E-state index is 0.0146. The van der Waals surface area contributed by atoms with Crippen LogP contribution in [0.3, 0.4) is 0 Å². The smallest absolute Gasteiger partial charge is 0.315 e. The van der Waals surface area contributed by atoms with E-state index in [1.54, 1.807) is 100 Å². The molecule has 4 heterocycles. The number of rotatable bonds is 30. The van der Waals surface area contributed by atoms with Gasteiger partial charge in [-0.05, 0) is 149 Å². The standard InChI is InChI=1S/C27H29N5O3.2C27H25NO5/c33-27(21-13-11-20(12-14-21)24-9-6-18-35-24)32(23-15-16-23)19-22-7-3-4-8-25(22)34-17-5-1-2-10-26-28-30-31-29-26;2*29-26(30)10-2-1-5-17-32-25-8-4-3-7-22(25)19-28(23-15-16-23)27(31)21-13-11-20(12-14-21)24-9-6-18-33-24/h3-4,6-9,11-14,18,23H,1-2,5,10,15-17,19H2,(H,28,29,30,31);3-4,6-9,11-14,18,23H,5,10,15-17,19H2,(H,29,30);3-4,6-9,11-14,18,23H,2,10,15-17,19H2,(H,29,30)/i3*19D. The molecule has 3 unspecified atom stereocenters. The Hall–Kier alpha value is -11.9. The Kier molecular flexibility index (Phi) is 23.7. The molecule has 516 valence electrons. The number of nitrogens with one attached hydrogen (secondary N) is 1. The van der Waals surface area contributed by atoms with E-state index < -0.39 is 31.5 Å². The van der Waals surface area contributed by atoms with Gasteiger partial charge < -0.3 is 52.4 Å². The summed E-state index contributed by atoms with van der Waals surface area (Å²) in [6.07, 6.45) is 14.1. The molecule has 0 bridgehead atoms. The summed E-state index contributed by atoms with van der Waals surface area (Å²) < 4.78 is 60.8. The Bertz CT molecular complexity index is 4540. The molecule has 3 amide bonds. The zero-order valence-corrected chi connectivity index (χ0v) is 55.6. The van der Waals surface area contributed by atoms with Crippen LogP contribution in [-0.2, 0) is 35.6 Å². The molecule has 0 aliphatic heterocycles. The summed E-state index contributed by atoms with van der Waals surface area (Å²) >= 11 is 0. The normalized spacial score (nSPS) is 14.0. The molecule has 20 heteroatoms. The molecule has 4 aromatic heterocycles. The van der Waals surface area contributed by atoms with Gasteiger partial charge in [-0.1, -0.05) is 120 Å². The lowest BCUT2D eigenvalue weighted by Crippen LogP contribution is -2.32. The maximum Gasteiger partial charge on any atom is 0.315 e. The minimum Gasteiger partial charge on any atom is -0.493 e. The topological polar surface area (TPSA) is 257 Å².